The largest absolute Gasteiger partial charge is 0.294 e. The van der Waals surface area contributed by atoms with Gasteiger partial charge in [0.1, 0.15) is 0 Å². The molecule has 1 aromatic rings. The lowest BCUT2D eigenvalue weighted by atomic mass is 9.79. The number of Topliss-reactive ketones (excluding diaryl/α,β-unsaturated/α-hetero) is 1. The van der Waals surface area contributed by atoms with E-state index in [1.807, 2.05) is 6.07 Å². The van der Waals surface area contributed by atoms with Crippen LogP contribution in [0, 0.1) is 11.8 Å². The molecule has 3 rings (SSSR count). The Bertz CT molecular complexity index is 445. The number of benzene rings is 1. The molecule has 2 atom stereocenters. The van der Waals surface area contributed by atoms with E-state index >= 15 is 0 Å². The summed E-state index contributed by atoms with van der Waals surface area (Å²) in [5.74, 6) is 2.13. The van der Waals surface area contributed by atoms with E-state index in [0.717, 1.165) is 30.2 Å². The van der Waals surface area contributed by atoms with E-state index in [1.165, 1.54) is 31.2 Å². The first-order valence-corrected chi connectivity index (χ1v) is 7.38. The van der Waals surface area contributed by atoms with Crippen molar-refractivity contribution in [1.29, 1.82) is 0 Å². The summed E-state index contributed by atoms with van der Waals surface area (Å²) in [5, 5.41) is 0. The first-order chi connectivity index (χ1) is 8.74. The van der Waals surface area contributed by atoms with Gasteiger partial charge in [0, 0.05) is 11.5 Å². The summed E-state index contributed by atoms with van der Waals surface area (Å²) in [4.78, 5) is 12.5. The van der Waals surface area contributed by atoms with Crippen LogP contribution in [0.3, 0.4) is 0 Å². The van der Waals surface area contributed by atoms with E-state index in [0.29, 0.717) is 5.78 Å². The lowest BCUT2D eigenvalue weighted by molar-refractivity contribution is 0.0920. The average molecular weight is 242 g/mol. The molecule has 0 bridgehead atoms. The van der Waals surface area contributed by atoms with Crippen molar-refractivity contribution in [3.05, 3.63) is 35.4 Å². The van der Waals surface area contributed by atoms with Gasteiger partial charge in [0.05, 0.1) is 0 Å². The summed E-state index contributed by atoms with van der Waals surface area (Å²) in [6.45, 7) is 2.26. The lowest BCUT2D eigenvalue weighted by Crippen LogP contribution is -2.14. The molecule has 2 aliphatic carbocycles. The Morgan fingerprint density at radius 3 is 2.61 bits per heavy atom. The highest BCUT2D eigenvalue weighted by molar-refractivity contribution is 5.98. The minimum absolute atomic E-state index is 0.289. The molecule has 0 saturated heterocycles. The normalized spacial score (nSPS) is 28.1. The zero-order chi connectivity index (χ0) is 12.5. The molecule has 18 heavy (non-hydrogen) atoms. The van der Waals surface area contributed by atoms with Gasteiger partial charge in [0.2, 0.25) is 0 Å². The van der Waals surface area contributed by atoms with Gasteiger partial charge in [0.15, 0.2) is 5.78 Å². The van der Waals surface area contributed by atoms with Crippen LogP contribution in [0.4, 0.5) is 0 Å². The summed E-state index contributed by atoms with van der Waals surface area (Å²) in [7, 11) is 0. The van der Waals surface area contributed by atoms with Crippen molar-refractivity contribution in [2.75, 3.05) is 0 Å². The Morgan fingerprint density at radius 1 is 1.17 bits per heavy atom. The van der Waals surface area contributed by atoms with Gasteiger partial charge in [-0.2, -0.15) is 0 Å². The van der Waals surface area contributed by atoms with Crippen molar-refractivity contribution in [2.24, 2.45) is 11.8 Å². The fourth-order valence-electron chi connectivity index (χ4n) is 3.37. The Balaban J connectivity index is 1.76. The number of carbonyl (C=O) groups excluding carboxylic acids is 1. The predicted molar refractivity (Wildman–Crippen MR) is 73.9 cm³/mol. The van der Waals surface area contributed by atoms with E-state index in [2.05, 4.69) is 25.1 Å². The molecular formula is C17H22O. The van der Waals surface area contributed by atoms with Gasteiger partial charge in [-0.3, -0.25) is 4.79 Å². The van der Waals surface area contributed by atoms with Gasteiger partial charge in [-0.05, 0) is 55.6 Å². The summed E-state index contributed by atoms with van der Waals surface area (Å²) in [5.41, 5.74) is 2.34. The van der Waals surface area contributed by atoms with Gasteiger partial charge in [-0.25, -0.2) is 0 Å². The summed E-state index contributed by atoms with van der Waals surface area (Å²) in [6.07, 6.45) is 7.36. The molecule has 1 nitrogen and oxygen atoms in total. The van der Waals surface area contributed by atoms with Gasteiger partial charge >= 0.3 is 0 Å². The highest BCUT2D eigenvalue weighted by Crippen LogP contribution is 2.37. The molecule has 2 aliphatic rings. The van der Waals surface area contributed by atoms with Crippen LogP contribution < -0.4 is 0 Å². The van der Waals surface area contributed by atoms with Gasteiger partial charge in [-0.1, -0.05) is 31.5 Å². The maximum atomic E-state index is 12.5. The van der Waals surface area contributed by atoms with Crippen LogP contribution in [0.1, 0.15) is 67.3 Å². The highest BCUT2D eigenvalue weighted by atomic mass is 16.1. The quantitative estimate of drug-likeness (QED) is 0.709. The summed E-state index contributed by atoms with van der Waals surface area (Å²) in [6, 6.07) is 8.43. The van der Waals surface area contributed by atoms with Crippen LogP contribution in [0.25, 0.3) is 0 Å². The van der Waals surface area contributed by atoms with Gasteiger partial charge < -0.3 is 0 Å². The molecular weight excluding hydrogens is 220 g/mol. The number of hydrogen-bond acceptors (Lipinski definition) is 1. The maximum Gasteiger partial charge on any atom is 0.165 e. The molecule has 1 aromatic carbocycles. The van der Waals surface area contributed by atoms with Gasteiger partial charge in [-0.15, -0.1) is 0 Å². The monoisotopic (exact) mass is 242 g/mol. The third-order valence-corrected chi connectivity index (χ3v) is 4.81. The third kappa shape index (κ3) is 2.23. The predicted octanol–water partition coefficient (Wildman–Crippen LogP) is 4.57. The molecule has 0 aromatic heterocycles. The fraction of sp³-hybridized carbons (Fsp3) is 0.588. The van der Waals surface area contributed by atoms with Crippen molar-refractivity contribution in [3.63, 3.8) is 0 Å². The Kier molecular flexibility index (Phi) is 3.23. The summed E-state index contributed by atoms with van der Waals surface area (Å²) < 4.78 is 0. The van der Waals surface area contributed by atoms with Crippen molar-refractivity contribution in [1.82, 2.24) is 0 Å². The molecule has 0 heterocycles. The Labute approximate surface area is 110 Å². The molecule has 1 heteroatoms. The van der Waals surface area contributed by atoms with Gasteiger partial charge in [0.25, 0.3) is 0 Å². The lowest BCUT2D eigenvalue weighted by Gasteiger charge is -2.26. The third-order valence-electron chi connectivity index (χ3n) is 4.81. The van der Waals surface area contributed by atoms with Crippen molar-refractivity contribution in [3.8, 4) is 0 Å². The topological polar surface area (TPSA) is 17.1 Å². The molecule has 96 valence electrons. The van der Waals surface area contributed by atoms with Crippen LogP contribution in [-0.2, 0) is 0 Å². The van der Waals surface area contributed by atoms with E-state index < -0.39 is 0 Å². The van der Waals surface area contributed by atoms with Crippen LogP contribution in [0.5, 0.6) is 0 Å². The van der Waals surface area contributed by atoms with Crippen molar-refractivity contribution in [2.45, 2.75) is 51.4 Å². The first kappa shape index (κ1) is 12.0. The number of carbonyl (C=O) groups is 1. The molecule has 0 amide bonds. The molecule has 2 fully saturated rings. The summed E-state index contributed by atoms with van der Waals surface area (Å²) >= 11 is 0. The highest BCUT2D eigenvalue weighted by Gasteiger charge is 2.28. The smallest absolute Gasteiger partial charge is 0.165 e. The number of hydrogen-bond donors (Lipinski definition) is 0. The maximum absolute atomic E-state index is 12.5. The van der Waals surface area contributed by atoms with Crippen LogP contribution in [0.15, 0.2) is 24.3 Å². The van der Waals surface area contributed by atoms with E-state index in [9.17, 15) is 4.79 Å². The van der Waals surface area contributed by atoms with Crippen LogP contribution in [0.2, 0.25) is 0 Å². The van der Waals surface area contributed by atoms with E-state index in [1.54, 1.807) is 0 Å². The van der Waals surface area contributed by atoms with Crippen molar-refractivity contribution >= 4 is 5.78 Å². The second kappa shape index (κ2) is 4.87. The second-order valence-corrected chi connectivity index (χ2v) is 6.23. The van der Waals surface area contributed by atoms with E-state index in [-0.39, 0.29) is 5.92 Å². The minimum Gasteiger partial charge on any atom is -0.294 e. The zero-order valence-electron chi connectivity index (χ0n) is 11.2. The number of rotatable bonds is 3. The van der Waals surface area contributed by atoms with Crippen molar-refractivity contribution < 1.29 is 4.79 Å². The molecule has 2 unspecified atom stereocenters. The Hall–Kier alpha value is -1.11. The zero-order valence-corrected chi connectivity index (χ0v) is 11.2. The number of ketones is 1. The molecule has 0 N–H and O–H groups in total. The standard InChI is InChI=1S/C17H22O/c1-12-8-9-16(10-12)17(18)15-7-3-6-14(11-15)13-4-2-5-13/h3,6-7,11-13,16H,2,4-5,8-10H2,1H3. The van der Waals surface area contributed by atoms with E-state index in [4.69, 9.17) is 0 Å². The fourth-order valence-corrected chi connectivity index (χ4v) is 3.37. The molecule has 2 saturated carbocycles. The molecule has 0 radical (unpaired) electrons. The Morgan fingerprint density at radius 2 is 2.00 bits per heavy atom. The van der Waals surface area contributed by atoms with Crippen LogP contribution >= 0.6 is 0 Å². The molecule has 0 aliphatic heterocycles. The first-order valence-electron chi connectivity index (χ1n) is 7.38. The molecule has 0 spiro atoms. The van der Waals surface area contributed by atoms with Crippen LogP contribution in [-0.4, -0.2) is 5.78 Å². The minimum atomic E-state index is 0.289. The average Bonchev–Trinajstić information content (AvgIpc) is 2.73. The SMILES string of the molecule is CC1CCC(C(=O)c2cccc(C3CCC3)c2)C1. The second-order valence-electron chi connectivity index (χ2n) is 6.23.